The minimum absolute atomic E-state index is 0.0388. The van der Waals surface area contributed by atoms with Gasteiger partial charge in [-0.3, -0.25) is 0 Å². The number of phenols is 1. The summed E-state index contributed by atoms with van der Waals surface area (Å²) in [5, 5.41) is 23.5. The number of carbonyl (C=O) groups excluding carboxylic acids is 1. The van der Waals surface area contributed by atoms with Crippen molar-refractivity contribution in [2.24, 2.45) is 0 Å². The van der Waals surface area contributed by atoms with E-state index in [0.29, 0.717) is 0 Å². The second kappa shape index (κ2) is 8.41. The standard InChI is InChI=1S/C14H20N2O4S/c1-9(8-21-2)15-14(20)16-12(13(18)19)7-10-3-5-11(17)6-4-10/h3-6,9,12,17H,7-8H2,1-2H3,(H,18,19)(H2,15,16,20). The molecule has 0 bridgehead atoms. The normalized spacial score (nSPS) is 13.2. The van der Waals surface area contributed by atoms with Gasteiger partial charge in [-0.2, -0.15) is 11.8 Å². The molecule has 1 rings (SSSR count). The lowest BCUT2D eigenvalue weighted by atomic mass is 10.1. The summed E-state index contributed by atoms with van der Waals surface area (Å²) < 4.78 is 0. The molecule has 0 spiro atoms. The average Bonchev–Trinajstić information content (AvgIpc) is 2.40. The van der Waals surface area contributed by atoms with E-state index >= 15 is 0 Å². The lowest BCUT2D eigenvalue weighted by molar-refractivity contribution is -0.139. The number of nitrogens with one attached hydrogen (secondary N) is 2. The zero-order chi connectivity index (χ0) is 15.8. The van der Waals surface area contributed by atoms with E-state index < -0.39 is 18.0 Å². The Bertz CT molecular complexity index is 478. The van der Waals surface area contributed by atoms with E-state index in [9.17, 15) is 19.8 Å². The van der Waals surface area contributed by atoms with Gasteiger partial charge in [0.25, 0.3) is 0 Å². The Balaban J connectivity index is 2.59. The molecule has 0 radical (unpaired) electrons. The molecule has 0 fully saturated rings. The first-order valence-electron chi connectivity index (χ1n) is 6.49. The smallest absolute Gasteiger partial charge is 0.326 e. The molecular formula is C14H20N2O4S. The van der Waals surface area contributed by atoms with Crippen molar-refractivity contribution >= 4 is 23.8 Å². The number of amides is 2. The third kappa shape index (κ3) is 6.40. The Morgan fingerprint density at radius 3 is 2.38 bits per heavy atom. The van der Waals surface area contributed by atoms with Crippen molar-refractivity contribution in [1.29, 1.82) is 0 Å². The Hall–Kier alpha value is -1.89. The molecule has 1 aromatic rings. The number of urea groups is 1. The van der Waals surface area contributed by atoms with Gasteiger partial charge in [0.1, 0.15) is 11.8 Å². The average molecular weight is 312 g/mol. The molecule has 116 valence electrons. The second-order valence-electron chi connectivity index (χ2n) is 4.74. The molecule has 0 aliphatic rings. The van der Waals surface area contributed by atoms with E-state index in [4.69, 9.17) is 0 Å². The van der Waals surface area contributed by atoms with Crippen molar-refractivity contribution in [3.63, 3.8) is 0 Å². The summed E-state index contributed by atoms with van der Waals surface area (Å²) in [7, 11) is 0. The number of aromatic hydroxyl groups is 1. The summed E-state index contributed by atoms with van der Waals surface area (Å²) in [5.74, 6) is -0.235. The molecule has 0 heterocycles. The number of aliphatic carboxylic acids is 1. The van der Waals surface area contributed by atoms with Crippen molar-refractivity contribution in [2.45, 2.75) is 25.4 Å². The Morgan fingerprint density at radius 1 is 1.24 bits per heavy atom. The molecule has 0 aliphatic carbocycles. The van der Waals surface area contributed by atoms with Crippen LogP contribution in [0.2, 0.25) is 0 Å². The molecule has 0 aromatic heterocycles. The zero-order valence-corrected chi connectivity index (χ0v) is 12.8. The van der Waals surface area contributed by atoms with E-state index in [0.717, 1.165) is 11.3 Å². The van der Waals surface area contributed by atoms with Gasteiger partial charge in [0.15, 0.2) is 0 Å². The van der Waals surface area contributed by atoms with Crippen LogP contribution in [0.4, 0.5) is 4.79 Å². The van der Waals surface area contributed by atoms with Gasteiger partial charge in [0.05, 0.1) is 0 Å². The molecule has 1 aromatic carbocycles. The number of hydrogen-bond donors (Lipinski definition) is 4. The number of carboxylic acid groups (broad SMARTS) is 1. The molecule has 2 amide bonds. The fourth-order valence-electron chi connectivity index (χ4n) is 1.78. The van der Waals surface area contributed by atoms with Crippen LogP contribution in [0.1, 0.15) is 12.5 Å². The van der Waals surface area contributed by atoms with Crippen LogP contribution in [0.15, 0.2) is 24.3 Å². The SMILES string of the molecule is CSCC(C)NC(=O)NC(Cc1ccc(O)cc1)C(=O)O. The molecule has 6 nitrogen and oxygen atoms in total. The molecular weight excluding hydrogens is 292 g/mol. The van der Waals surface area contributed by atoms with Crippen molar-refractivity contribution in [3.8, 4) is 5.75 Å². The van der Waals surface area contributed by atoms with Gasteiger partial charge in [-0.1, -0.05) is 12.1 Å². The summed E-state index contributed by atoms with van der Waals surface area (Å²) in [5.41, 5.74) is 0.720. The molecule has 4 N–H and O–H groups in total. The first kappa shape index (κ1) is 17.2. The van der Waals surface area contributed by atoms with E-state index in [1.54, 1.807) is 23.9 Å². The van der Waals surface area contributed by atoms with Crippen LogP contribution < -0.4 is 10.6 Å². The van der Waals surface area contributed by atoms with Gasteiger partial charge >= 0.3 is 12.0 Å². The van der Waals surface area contributed by atoms with E-state index in [1.807, 2.05) is 13.2 Å². The maximum atomic E-state index is 11.8. The van der Waals surface area contributed by atoms with Crippen molar-refractivity contribution in [1.82, 2.24) is 10.6 Å². The minimum atomic E-state index is -1.10. The maximum Gasteiger partial charge on any atom is 0.326 e. The van der Waals surface area contributed by atoms with Crippen LogP contribution in [-0.2, 0) is 11.2 Å². The van der Waals surface area contributed by atoms with E-state index in [-0.39, 0.29) is 18.2 Å². The highest BCUT2D eigenvalue weighted by Gasteiger charge is 2.21. The van der Waals surface area contributed by atoms with Crippen molar-refractivity contribution < 1.29 is 19.8 Å². The van der Waals surface area contributed by atoms with Gasteiger partial charge in [0.2, 0.25) is 0 Å². The Kier molecular flexibility index (Phi) is 6.87. The summed E-state index contributed by atoms with van der Waals surface area (Å²) in [6.45, 7) is 1.85. The molecule has 2 unspecified atom stereocenters. The molecule has 2 atom stereocenters. The second-order valence-corrected chi connectivity index (χ2v) is 5.65. The third-order valence-corrected chi connectivity index (χ3v) is 3.61. The van der Waals surface area contributed by atoms with Crippen LogP contribution in [0.5, 0.6) is 5.75 Å². The Labute approximate surface area is 127 Å². The molecule has 7 heteroatoms. The number of carboxylic acids is 1. The zero-order valence-electron chi connectivity index (χ0n) is 12.0. The first-order chi connectivity index (χ1) is 9.92. The largest absolute Gasteiger partial charge is 0.508 e. The predicted molar refractivity (Wildman–Crippen MR) is 82.7 cm³/mol. The highest BCUT2D eigenvalue weighted by Crippen LogP contribution is 2.11. The summed E-state index contributed by atoms with van der Waals surface area (Å²) >= 11 is 1.60. The monoisotopic (exact) mass is 312 g/mol. The minimum Gasteiger partial charge on any atom is -0.508 e. The number of carbonyl (C=O) groups is 2. The topological polar surface area (TPSA) is 98.7 Å². The van der Waals surface area contributed by atoms with Gasteiger partial charge in [-0.05, 0) is 30.9 Å². The van der Waals surface area contributed by atoms with Crippen molar-refractivity contribution in [3.05, 3.63) is 29.8 Å². The fourth-order valence-corrected chi connectivity index (χ4v) is 2.37. The number of phenolic OH excluding ortho intramolecular Hbond substituents is 1. The van der Waals surface area contributed by atoms with Gasteiger partial charge in [-0.25, -0.2) is 9.59 Å². The van der Waals surface area contributed by atoms with Crippen LogP contribution >= 0.6 is 11.8 Å². The van der Waals surface area contributed by atoms with E-state index in [2.05, 4.69) is 10.6 Å². The van der Waals surface area contributed by atoms with Gasteiger partial charge < -0.3 is 20.8 Å². The van der Waals surface area contributed by atoms with Crippen LogP contribution in [0, 0.1) is 0 Å². The summed E-state index contributed by atoms with van der Waals surface area (Å²) in [6, 6.07) is 4.66. The Morgan fingerprint density at radius 2 is 1.86 bits per heavy atom. The van der Waals surface area contributed by atoms with Crippen LogP contribution in [-0.4, -0.2) is 46.3 Å². The maximum absolute atomic E-state index is 11.8. The molecule has 0 saturated carbocycles. The van der Waals surface area contributed by atoms with Gasteiger partial charge in [0, 0.05) is 18.2 Å². The number of benzene rings is 1. The summed E-state index contributed by atoms with van der Waals surface area (Å²) in [4.78, 5) is 23.0. The number of thioether (sulfide) groups is 1. The molecule has 0 aliphatic heterocycles. The van der Waals surface area contributed by atoms with Gasteiger partial charge in [-0.15, -0.1) is 0 Å². The number of rotatable bonds is 7. The lowest BCUT2D eigenvalue weighted by Crippen LogP contribution is -2.49. The summed E-state index contributed by atoms with van der Waals surface area (Å²) in [6.07, 6.45) is 2.08. The number of hydrogen-bond acceptors (Lipinski definition) is 4. The van der Waals surface area contributed by atoms with E-state index in [1.165, 1.54) is 12.1 Å². The van der Waals surface area contributed by atoms with Crippen LogP contribution in [0.25, 0.3) is 0 Å². The quantitative estimate of drug-likeness (QED) is 0.610. The highest BCUT2D eigenvalue weighted by molar-refractivity contribution is 7.98. The molecule has 21 heavy (non-hydrogen) atoms. The lowest BCUT2D eigenvalue weighted by Gasteiger charge is -2.18. The third-order valence-electron chi connectivity index (χ3n) is 2.77. The molecule has 0 saturated heterocycles. The van der Waals surface area contributed by atoms with Crippen LogP contribution in [0.3, 0.4) is 0 Å². The first-order valence-corrected chi connectivity index (χ1v) is 7.88. The predicted octanol–water partition coefficient (Wildman–Crippen LogP) is 1.44. The highest BCUT2D eigenvalue weighted by atomic mass is 32.2. The van der Waals surface area contributed by atoms with Crippen molar-refractivity contribution in [2.75, 3.05) is 12.0 Å². The fraction of sp³-hybridized carbons (Fsp3) is 0.429.